The summed E-state index contributed by atoms with van der Waals surface area (Å²) < 4.78 is 26.9. The van der Waals surface area contributed by atoms with E-state index in [9.17, 15) is 8.78 Å². The molecular weight excluding hydrogens is 294 g/mol. The number of nitrogens with one attached hydrogen (secondary N) is 2. The van der Waals surface area contributed by atoms with E-state index < -0.39 is 11.6 Å². The molecule has 2 nitrogen and oxygen atoms in total. The van der Waals surface area contributed by atoms with Gasteiger partial charge in [0, 0.05) is 23.9 Å². The van der Waals surface area contributed by atoms with Gasteiger partial charge in [-0.2, -0.15) is 0 Å². The van der Waals surface area contributed by atoms with Crippen molar-refractivity contribution >= 4 is 5.69 Å². The lowest BCUT2D eigenvalue weighted by atomic mass is 10.0. The Morgan fingerprint density at radius 3 is 2.39 bits per heavy atom. The molecule has 23 heavy (non-hydrogen) atoms. The molecule has 0 bridgehead atoms. The molecule has 0 amide bonds. The summed E-state index contributed by atoms with van der Waals surface area (Å²) in [5.41, 5.74) is 9.29. The number of hydrazine groups is 1. The van der Waals surface area contributed by atoms with Gasteiger partial charge in [-0.25, -0.2) is 14.2 Å². The Hall–Kier alpha value is -2.72. The van der Waals surface area contributed by atoms with Crippen LogP contribution in [0.1, 0.15) is 5.56 Å². The van der Waals surface area contributed by atoms with Crippen molar-refractivity contribution in [2.45, 2.75) is 6.54 Å². The summed E-state index contributed by atoms with van der Waals surface area (Å²) in [6, 6.07) is 20.9. The Balaban J connectivity index is 1.70. The molecule has 4 heteroatoms. The summed E-state index contributed by atoms with van der Waals surface area (Å²) in [5, 5.41) is 0. The highest BCUT2D eigenvalue weighted by Gasteiger charge is 2.06. The van der Waals surface area contributed by atoms with Gasteiger partial charge in [0.25, 0.3) is 0 Å². The maximum Gasteiger partial charge on any atom is 0.133 e. The van der Waals surface area contributed by atoms with Gasteiger partial charge in [0.05, 0.1) is 0 Å². The molecule has 0 heterocycles. The Morgan fingerprint density at radius 2 is 1.61 bits per heavy atom. The molecular formula is C19H16F2N2. The summed E-state index contributed by atoms with van der Waals surface area (Å²) >= 11 is 0. The predicted molar refractivity (Wildman–Crippen MR) is 88.7 cm³/mol. The minimum absolute atomic E-state index is 0.393. The summed E-state index contributed by atoms with van der Waals surface area (Å²) in [7, 11) is 0. The monoisotopic (exact) mass is 310 g/mol. The van der Waals surface area contributed by atoms with Crippen molar-refractivity contribution in [2.24, 2.45) is 0 Å². The van der Waals surface area contributed by atoms with Gasteiger partial charge in [-0.3, -0.25) is 0 Å². The van der Waals surface area contributed by atoms with E-state index in [1.165, 1.54) is 12.1 Å². The van der Waals surface area contributed by atoms with Crippen LogP contribution in [-0.4, -0.2) is 0 Å². The molecule has 3 aromatic rings. The molecule has 0 saturated carbocycles. The van der Waals surface area contributed by atoms with E-state index in [0.717, 1.165) is 22.9 Å². The summed E-state index contributed by atoms with van der Waals surface area (Å²) in [5.74, 6) is -1.13. The van der Waals surface area contributed by atoms with E-state index in [1.807, 2.05) is 54.6 Å². The van der Waals surface area contributed by atoms with Crippen LogP contribution in [0.15, 0.2) is 72.8 Å². The van der Waals surface area contributed by atoms with E-state index in [0.29, 0.717) is 12.1 Å². The molecule has 0 aliphatic rings. The maximum atomic E-state index is 13.9. The second-order valence-corrected chi connectivity index (χ2v) is 5.17. The van der Waals surface area contributed by atoms with E-state index >= 15 is 0 Å². The number of hydrogen-bond acceptors (Lipinski definition) is 2. The third-order valence-electron chi connectivity index (χ3n) is 3.47. The van der Waals surface area contributed by atoms with Crippen molar-refractivity contribution in [3.8, 4) is 11.1 Å². The van der Waals surface area contributed by atoms with Gasteiger partial charge in [0.2, 0.25) is 0 Å². The molecule has 0 fully saturated rings. The van der Waals surface area contributed by atoms with Crippen LogP contribution in [0.2, 0.25) is 0 Å². The number of para-hydroxylation sites is 1. The lowest BCUT2D eigenvalue weighted by Gasteiger charge is -2.10. The van der Waals surface area contributed by atoms with Crippen molar-refractivity contribution in [2.75, 3.05) is 5.43 Å². The lowest BCUT2D eigenvalue weighted by molar-refractivity contribution is 0.585. The third-order valence-corrected chi connectivity index (χ3v) is 3.47. The van der Waals surface area contributed by atoms with Crippen LogP contribution in [0, 0.1) is 11.6 Å². The largest absolute Gasteiger partial charge is 0.321 e. The summed E-state index contributed by atoms with van der Waals surface area (Å²) in [6.45, 7) is 0.575. The Labute approximate surface area is 133 Å². The fourth-order valence-corrected chi connectivity index (χ4v) is 2.34. The highest BCUT2D eigenvalue weighted by Crippen LogP contribution is 2.24. The van der Waals surface area contributed by atoms with Crippen LogP contribution in [0.3, 0.4) is 0 Å². The second-order valence-electron chi connectivity index (χ2n) is 5.17. The molecule has 116 valence electrons. The standard InChI is InChI=1S/C19H16F2N2/c20-16-9-10-18(19(21)12-16)15-6-4-5-14(11-15)13-22-23-17-7-2-1-3-8-17/h1-12,22-23H,13H2. The van der Waals surface area contributed by atoms with Crippen molar-refractivity contribution in [3.63, 3.8) is 0 Å². The molecule has 0 aliphatic carbocycles. The highest BCUT2D eigenvalue weighted by atomic mass is 19.1. The number of hydrogen-bond donors (Lipinski definition) is 2. The van der Waals surface area contributed by atoms with Gasteiger partial charge >= 0.3 is 0 Å². The van der Waals surface area contributed by atoms with Gasteiger partial charge in [-0.05, 0) is 41.5 Å². The fraction of sp³-hybridized carbons (Fsp3) is 0.0526. The molecule has 0 atom stereocenters. The molecule has 2 N–H and O–H groups in total. The van der Waals surface area contributed by atoms with Gasteiger partial charge in [-0.1, -0.05) is 36.4 Å². The molecule has 0 unspecified atom stereocenters. The van der Waals surface area contributed by atoms with Crippen molar-refractivity contribution < 1.29 is 8.78 Å². The number of anilines is 1. The van der Waals surface area contributed by atoms with E-state index in [1.54, 1.807) is 0 Å². The quantitative estimate of drug-likeness (QED) is 0.665. The van der Waals surface area contributed by atoms with E-state index in [2.05, 4.69) is 10.9 Å². The SMILES string of the molecule is Fc1ccc(-c2cccc(CNNc3ccccc3)c2)c(F)c1. The van der Waals surface area contributed by atoms with Crippen LogP contribution in [0.5, 0.6) is 0 Å². The number of benzene rings is 3. The average molecular weight is 310 g/mol. The smallest absolute Gasteiger partial charge is 0.133 e. The lowest BCUT2D eigenvalue weighted by Crippen LogP contribution is -2.20. The molecule has 0 radical (unpaired) electrons. The zero-order valence-corrected chi connectivity index (χ0v) is 12.4. The molecule has 0 saturated heterocycles. The van der Waals surface area contributed by atoms with Gasteiger partial charge in [-0.15, -0.1) is 0 Å². The van der Waals surface area contributed by atoms with Crippen molar-refractivity contribution in [3.05, 3.63) is 90.0 Å². The Kier molecular flexibility index (Phi) is 4.64. The fourth-order valence-electron chi connectivity index (χ4n) is 2.34. The highest BCUT2D eigenvalue weighted by molar-refractivity contribution is 5.64. The van der Waals surface area contributed by atoms with Crippen molar-refractivity contribution in [1.29, 1.82) is 0 Å². The minimum Gasteiger partial charge on any atom is -0.321 e. The van der Waals surface area contributed by atoms with E-state index in [-0.39, 0.29) is 0 Å². The van der Waals surface area contributed by atoms with Gasteiger partial charge in [0.15, 0.2) is 0 Å². The first-order chi connectivity index (χ1) is 11.2. The third kappa shape index (κ3) is 3.93. The molecule has 3 rings (SSSR count). The first kappa shape index (κ1) is 15.2. The maximum absolute atomic E-state index is 13.9. The second kappa shape index (κ2) is 7.03. The van der Waals surface area contributed by atoms with Gasteiger partial charge < -0.3 is 5.43 Å². The molecule has 0 aliphatic heterocycles. The number of rotatable bonds is 5. The molecule has 0 spiro atoms. The summed E-state index contributed by atoms with van der Waals surface area (Å²) in [4.78, 5) is 0. The van der Waals surface area contributed by atoms with E-state index in [4.69, 9.17) is 0 Å². The minimum atomic E-state index is -0.573. The van der Waals surface area contributed by atoms with Crippen LogP contribution in [0.4, 0.5) is 14.5 Å². The van der Waals surface area contributed by atoms with Crippen LogP contribution in [0.25, 0.3) is 11.1 Å². The topological polar surface area (TPSA) is 24.1 Å². The summed E-state index contributed by atoms with van der Waals surface area (Å²) in [6.07, 6.45) is 0. The van der Waals surface area contributed by atoms with Crippen LogP contribution < -0.4 is 10.9 Å². The zero-order chi connectivity index (χ0) is 16.1. The van der Waals surface area contributed by atoms with Gasteiger partial charge in [0.1, 0.15) is 11.6 Å². The first-order valence-corrected chi connectivity index (χ1v) is 7.31. The van der Waals surface area contributed by atoms with Crippen molar-refractivity contribution in [1.82, 2.24) is 5.43 Å². The average Bonchev–Trinajstić information content (AvgIpc) is 2.56. The van der Waals surface area contributed by atoms with Crippen LogP contribution in [-0.2, 0) is 6.54 Å². The van der Waals surface area contributed by atoms with Crippen LogP contribution >= 0.6 is 0 Å². The first-order valence-electron chi connectivity index (χ1n) is 7.31. The normalized spacial score (nSPS) is 10.5. The predicted octanol–water partition coefficient (Wildman–Crippen LogP) is 4.75. The molecule has 0 aromatic heterocycles. The molecule has 3 aromatic carbocycles. The Bertz CT molecular complexity index is 788. The Morgan fingerprint density at radius 1 is 0.783 bits per heavy atom. The number of halogens is 2. The zero-order valence-electron chi connectivity index (χ0n) is 12.4.